The molecule has 0 spiro atoms. The Morgan fingerprint density at radius 3 is 2.36 bits per heavy atom. The predicted molar refractivity (Wildman–Crippen MR) is 57.7 cm³/mol. The molecule has 0 unspecified atom stereocenters. The van der Waals surface area contributed by atoms with Crippen LogP contribution in [0.3, 0.4) is 0 Å². The lowest BCUT2D eigenvalue weighted by Gasteiger charge is -2.14. The average molecular weight is 192 g/mol. The lowest BCUT2D eigenvalue weighted by molar-refractivity contribution is 1.14. The van der Waals surface area contributed by atoms with Crippen molar-refractivity contribution >= 4 is 22.4 Å². The number of aromatic amines is 2. The molecule has 0 bridgehead atoms. The van der Waals surface area contributed by atoms with Gasteiger partial charge in [0, 0.05) is 14.1 Å². The minimum atomic E-state index is -0.213. The van der Waals surface area contributed by atoms with Crippen LogP contribution >= 0.6 is 0 Å². The van der Waals surface area contributed by atoms with E-state index in [0.29, 0.717) is 5.69 Å². The fourth-order valence-corrected chi connectivity index (χ4v) is 1.48. The molecular formula is C9H12N4O. The van der Waals surface area contributed by atoms with E-state index in [0.717, 1.165) is 16.7 Å². The first kappa shape index (κ1) is 8.68. The van der Waals surface area contributed by atoms with Gasteiger partial charge in [-0.2, -0.15) is 0 Å². The van der Waals surface area contributed by atoms with Crippen molar-refractivity contribution < 1.29 is 0 Å². The van der Waals surface area contributed by atoms with Crippen LogP contribution < -0.4 is 16.3 Å². The van der Waals surface area contributed by atoms with Gasteiger partial charge in [0.1, 0.15) is 0 Å². The summed E-state index contributed by atoms with van der Waals surface area (Å²) in [7, 11) is 3.81. The number of nitrogen functional groups attached to an aromatic ring is 1. The highest BCUT2D eigenvalue weighted by Crippen LogP contribution is 2.25. The normalized spacial score (nSPS) is 10.7. The molecule has 14 heavy (non-hydrogen) atoms. The van der Waals surface area contributed by atoms with E-state index in [-0.39, 0.29) is 5.69 Å². The van der Waals surface area contributed by atoms with E-state index in [4.69, 9.17) is 5.73 Å². The molecule has 0 aliphatic carbocycles. The summed E-state index contributed by atoms with van der Waals surface area (Å²) in [6.07, 6.45) is 0. The van der Waals surface area contributed by atoms with Crippen LogP contribution in [0.5, 0.6) is 0 Å². The summed E-state index contributed by atoms with van der Waals surface area (Å²) in [5.41, 5.74) is 8.66. The van der Waals surface area contributed by atoms with Crippen LogP contribution in [0, 0.1) is 0 Å². The topological polar surface area (TPSA) is 77.9 Å². The number of imidazole rings is 1. The zero-order valence-corrected chi connectivity index (χ0v) is 8.09. The van der Waals surface area contributed by atoms with Crippen molar-refractivity contribution in [3.05, 3.63) is 22.6 Å². The summed E-state index contributed by atoms with van der Waals surface area (Å²) in [6, 6.07) is 3.60. The Balaban J connectivity index is 2.76. The second-order valence-electron chi connectivity index (χ2n) is 3.43. The number of anilines is 2. The number of nitrogens with zero attached hydrogens (tertiary/aromatic N) is 1. The smallest absolute Gasteiger partial charge is 0.323 e. The molecule has 2 rings (SSSR count). The first-order valence-electron chi connectivity index (χ1n) is 4.27. The summed E-state index contributed by atoms with van der Waals surface area (Å²) in [5.74, 6) is 0. The maximum Gasteiger partial charge on any atom is 0.323 e. The van der Waals surface area contributed by atoms with Gasteiger partial charge in [0.2, 0.25) is 0 Å². The summed E-state index contributed by atoms with van der Waals surface area (Å²) in [5, 5.41) is 0. The van der Waals surface area contributed by atoms with E-state index in [2.05, 4.69) is 9.97 Å². The lowest BCUT2D eigenvalue weighted by Crippen LogP contribution is -2.10. The maximum absolute atomic E-state index is 11.0. The van der Waals surface area contributed by atoms with Gasteiger partial charge in [-0.05, 0) is 12.1 Å². The number of aromatic nitrogens is 2. The first-order valence-corrected chi connectivity index (χ1v) is 4.27. The number of nitrogens with one attached hydrogen (secondary N) is 2. The third-order valence-electron chi connectivity index (χ3n) is 2.15. The van der Waals surface area contributed by atoms with Gasteiger partial charge in [-0.25, -0.2) is 4.79 Å². The van der Waals surface area contributed by atoms with Crippen molar-refractivity contribution in [1.82, 2.24) is 9.97 Å². The van der Waals surface area contributed by atoms with Crippen LogP contribution in [-0.4, -0.2) is 24.1 Å². The molecule has 0 radical (unpaired) electrons. The van der Waals surface area contributed by atoms with E-state index in [1.807, 2.05) is 25.1 Å². The van der Waals surface area contributed by atoms with Crippen LogP contribution in [0.15, 0.2) is 16.9 Å². The molecule has 0 fully saturated rings. The lowest BCUT2D eigenvalue weighted by atomic mass is 10.2. The van der Waals surface area contributed by atoms with E-state index < -0.39 is 0 Å². The van der Waals surface area contributed by atoms with E-state index in [1.165, 1.54) is 0 Å². The number of hydrogen-bond donors (Lipinski definition) is 3. The van der Waals surface area contributed by atoms with Crippen LogP contribution in [0.4, 0.5) is 11.4 Å². The molecular weight excluding hydrogens is 180 g/mol. The van der Waals surface area contributed by atoms with Gasteiger partial charge in [-0.1, -0.05) is 0 Å². The standard InChI is InChI=1S/C9H12N4O/c1-13(2)8-4-7-6(3-5(8)10)11-9(14)12-7/h3-4H,10H2,1-2H3,(H2,11,12,14). The highest BCUT2D eigenvalue weighted by Gasteiger charge is 2.05. The highest BCUT2D eigenvalue weighted by molar-refractivity contribution is 5.86. The predicted octanol–water partition coefficient (Wildman–Crippen LogP) is 0.504. The van der Waals surface area contributed by atoms with Crippen LogP contribution in [0.1, 0.15) is 0 Å². The number of rotatable bonds is 1. The number of fused-ring (bicyclic) bond motifs is 1. The fourth-order valence-electron chi connectivity index (χ4n) is 1.48. The Morgan fingerprint density at radius 1 is 1.21 bits per heavy atom. The summed E-state index contributed by atoms with van der Waals surface area (Å²) >= 11 is 0. The Kier molecular flexibility index (Phi) is 1.73. The molecule has 4 N–H and O–H groups in total. The van der Waals surface area contributed by atoms with Crippen molar-refractivity contribution in [1.29, 1.82) is 0 Å². The second-order valence-corrected chi connectivity index (χ2v) is 3.43. The number of nitrogens with two attached hydrogens (primary N) is 1. The van der Waals surface area contributed by atoms with Gasteiger partial charge in [0.05, 0.1) is 22.4 Å². The van der Waals surface area contributed by atoms with Gasteiger partial charge in [-0.15, -0.1) is 0 Å². The van der Waals surface area contributed by atoms with Crippen molar-refractivity contribution in [2.24, 2.45) is 0 Å². The Labute approximate surface area is 80.5 Å². The van der Waals surface area contributed by atoms with Gasteiger partial charge in [0.15, 0.2) is 0 Å². The molecule has 5 heteroatoms. The van der Waals surface area contributed by atoms with E-state index >= 15 is 0 Å². The summed E-state index contributed by atoms with van der Waals surface area (Å²) in [4.78, 5) is 18.3. The minimum absolute atomic E-state index is 0.213. The molecule has 1 heterocycles. The van der Waals surface area contributed by atoms with Crippen LogP contribution in [0.2, 0.25) is 0 Å². The number of H-pyrrole nitrogens is 2. The molecule has 0 saturated carbocycles. The molecule has 5 nitrogen and oxygen atoms in total. The molecule has 74 valence electrons. The van der Waals surface area contributed by atoms with Gasteiger partial charge in [0.25, 0.3) is 0 Å². The van der Waals surface area contributed by atoms with Gasteiger partial charge >= 0.3 is 5.69 Å². The molecule has 0 aliphatic rings. The number of hydrogen-bond acceptors (Lipinski definition) is 3. The summed E-state index contributed by atoms with van der Waals surface area (Å²) in [6.45, 7) is 0. The molecule has 1 aromatic heterocycles. The van der Waals surface area contributed by atoms with Gasteiger partial charge < -0.3 is 20.6 Å². The molecule has 2 aromatic rings. The van der Waals surface area contributed by atoms with E-state index in [9.17, 15) is 4.79 Å². The van der Waals surface area contributed by atoms with Crippen molar-refractivity contribution in [3.8, 4) is 0 Å². The number of benzene rings is 1. The van der Waals surface area contributed by atoms with Crippen molar-refractivity contribution in [2.75, 3.05) is 24.7 Å². The van der Waals surface area contributed by atoms with E-state index in [1.54, 1.807) is 6.07 Å². The highest BCUT2D eigenvalue weighted by atomic mass is 16.1. The minimum Gasteiger partial charge on any atom is -0.397 e. The third-order valence-corrected chi connectivity index (χ3v) is 2.15. The van der Waals surface area contributed by atoms with Crippen molar-refractivity contribution in [3.63, 3.8) is 0 Å². The van der Waals surface area contributed by atoms with Crippen LogP contribution in [-0.2, 0) is 0 Å². The summed E-state index contributed by atoms with van der Waals surface area (Å²) < 4.78 is 0. The maximum atomic E-state index is 11.0. The Bertz CT molecular complexity index is 523. The largest absolute Gasteiger partial charge is 0.397 e. The average Bonchev–Trinajstić information content (AvgIpc) is 2.42. The monoisotopic (exact) mass is 192 g/mol. The van der Waals surface area contributed by atoms with Crippen molar-refractivity contribution in [2.45, 2.75) is 0 Å². The zero-order chi connectivity index (χ0) is 10.3. The molecule has 1 aromatic carbocycles. The fraction of sp³-hybridized carbons (Fsp3) is 0.222. The SMILES string of the molecule is CN(C)c1cc2[nH]c(=O)[nH]c2cc1N. The second kappa shape index (κ2) is 2.80. The zero-order valence-electron chi connectivity index (χ0n) is 8.09. The molecule has 0 amide bonds. The van der Waals surface area contributed by atoms with Gasteiger partial charge in [-0.3, -0.25) is 0 Å². The quantitative estimate of drug-likeness (QED) is 0.576. The van der Waals surface area contributed by atoms with Crippen LogP contribution in [0.25, 0.3) is 11.0 Å². The first-order chi connectivity index (χ1) is 6.58. The molecule has 0 atom stereocenters. The molecule has 0 saturated heterocycles. The molecule has 0 aliphatic heterocycles. The third kappa shape index (κ3) is 1.22. The Hall–Kier alpha value is -1.91. The Morgan fingerprint density at radius 2 is 1.79 bits per heavy atom.